The Bertz CT molecular complexity index is 859. The highest BCUT2D eigenvalue weighted by molar-refractivity contribution is 6.39. The quantitative estimate of drug-likeness (QED) is 0.681. The van der Waals surface area contributed by atoms with E-state index >= 15 is 0 Å². The number of nitrogens with two attached hydrogens (primary N) is 1. The maximum absolute atomic E-state index is 12.2. The number of benzene rings is 2. The lowest BCUT2D eigenvalue weighted by Gasteiger charge is -2.26. The van der Waals surface area contributed by atoms with Crippen LogP contribution in [0.3, 0.4) is 0 Å². The standard InChI is InChI=1S/C21H25N3O3/c1-14-7-6-9-16(11-14)21(2,3)13-23-19(26)20(27)24-17-10-5-4-8-15(17)12-18(22)25/h4-11H,12-13H2,1-3H3,(H2,22,25)(H,23,26)(H,24,27). The molecule has 3 amide bonds. The van der Waals surface area contributed by atoms with Crippen LogP contribution in [0.15, 0.2) is 48.5 Å². The molecule has 27 heavy (non-hydrogen) atoms. The number of para-hydroxylation sites is 1. The molecular formula is C21H25N3O3. The van der Waals surface area contributed by atoms with Gasteiger partial charge in [-0.2, -0.15) is 0 Å². The van der Waals surface area contributed by atoms with Crippen molar-refractivity contribution in [3.05, 3.63) is 65.2 Å². The summed E-state index contributed by atoms with van der Waals surface area (Å²) in [6.45, 7) is 6.32. The van der Waals surface area contributed by atoms with Crippen molar-refractivity contribution in [2.24, 2.45) is 5.73 Å². The monoisotopic (exact) mass is 367 g/mol. The van der Waals surface area contributed by atoms with Crippen LogP contribution in [-0.4, -0.2) is 24.3 Å². The number of rotatable bonds is 6. The molecule has 0 aliphatic carbocycles. The van der Waals surface area contributed by atoms with Crippen molar-refractivity contribution < 1.29 is 14.4 Å². The van der Waals surface area contributed by atoms with Crippen molar-refractivity contribution in [2.75, 3.05) is 11.9 Å². The van der Waals surface area contributed by atoms with Gasteiger partial charge in [0, 0.05) is 17.6 Å². The van der Waals surface area contributed by atoms with E-state index in [0.29, 0.717) is 17.8 Å². The van der Waals surface area contributed by atoms with E-state index in [1.165, 1.54) is 0 Å². The van der Waals surface area contributed by atoms with Crippen LogP contribution in [0.2, 0.25) is 0 Å². The molecule has 0 spiro atoms. The summed E-state index contributed by atoms with van der Waals surface area (Å²) in [7, 11) is 0. The highest BCUT2D eigenvalue weighted by Gasteiger charge is 2.24. The average Bonchev–Trinajstić information content (AvgIpc) is 2.61. The summed E-state index contributed by atoms with van der Waals surface area (Å²) in [4.78, 5) is 35.6. The van der Waals surface area contributed by atoms with E-state index in [1.807, 2.05) is 39.0 Å². The third-order valence-electron chi connectivity index (χ3n) is 4.33. The SMILES string of the molecule is Cc1cccc(C(C)(C)CNC(=O)C(=O)Nc2ccccc2CC(N)=O)c1. The van der Waals surface area contributed by atoms with Crippen molar-refractivity contribution in [1.29, 1.82) is 0 Å². The fraction of sp³-hybridized carbons (Fsp3) is 0.286. The first kappa shape index (κ1) is 20.2. The highest BCUT2D eigenvalue weighted by atomic mass is 16.2. The van der Waals surface area contributed by atoms with Crippen LogP contribution in [0.25, 0.3) is 0 Å². The van der Waals surface area contributed by atoms with Gasteiger partial charge in [0.15, 0.2) is 0 Å². The van der Waals surface area contributed by atoms with E-state index < -0.39 is 17.7 Å². The number of carbonyl (C=O) groups is 3. The first-order valence-corrected chi connectivity index (χ1v) is 8.71. The highest BCUT2D eigenvalue weighted by Crippen LogP contribution is 2.23. The molecule has 0 bridgehead atoms. The molecule has 0 aliphatic heterocycles. The van der Waals surface area contributed by atoms with Gasteiger partial charge in [0.25, 0.3) is 0 Å². The lowest BCUT2D eigenvalue weighted by molar-refractivity contribution is -0.136. The summed E-state index contributed by atoms with van der Waals surface area (Å²) in [5.74, 6) is -2.03. The van der Waals surface area contributed by atoms with Gasteiger partial charge in [-0.25, -0.2) is 0 Å². The summed E-state index contributed by atoms with van der Waals surface area (Å²) in [6, 6.07) is 14.8. The second-order valence-corrected chi connectivity index (χ2v) is 7.19. The first-order chi connectivity index (χ1) is 12.7. The van der Waals surface area contributed by atoms with Gasteiger partial charge in [-0.05, 0) is 24.1 Å². The Morgan fingerprint density at radius 1 is 1.00 bits per heavy atom. The molecule has 0 atom stereocenters. The Kier molecular flexibility index (Phi) is 6.34. The molecule has 0 fully saturated rings. The van der Waals surface area contributed by atoms with Gasteiger partial charge in [-0.3, -0.25) is 14.4 Å². The average molecular weight is 367 g/mol. The number of hydrogen-bond donors (Lipinski definition) is 3. The molecule has 0 aliphatic rings. The number of aryl methyl sites for hydroxylation is 1. The topological polar surface area (TPSA) is 101 Å². The Hall–Kier alpha value is -3.15. The third kappa shape index (κ3) is 5.67. The molecule has 0 saturated heterocycles. The molecule has 0 radical (unpaired) electrons. The Morgan fingerprint density at radius 2 is 1.70 bits per heavy atom. The van der Waals surface area contributed by atoms with E-state index in [9.17, 15) is 14.4 Å². The normalized spacial score (nSPS) is 10.9. The molecule has 6 nitrogen and oxygen atoms in total. The van der Waals surface area contributed by atoms with Gasteiger partial charge in [-0.1, -0.05) is 61.9 Å². The molecule has 2 rings (SSSR count). The van der Waals surface area contributed by atoms with Crippen LogP contribution < -0.4 is 16.4 Å². The van der Waals surface area contributed by atoms with Crippen LogP contribution >= 0.6 is 0 Å². The van der Waals surface area contributed by atoms with Crippen molar-refractivity contribution in [3.63, 3.8) is 0 Å². The zero-order valence-electron chi connectivity index (χ0n) is 15.8. The minimum absolute atomic E-state index is 0.0154. The summed E-state index contributed by atoms with van der Waals surface area (Å²) in [5.41, 5.74) is 8.06. The Labute approximate surface area is 159 Å². The third-order valence-corrected chi connectivity index (χ3v) is 4.33. The minimum Gasteiger partial charge on any atom is -0.369 e. The molecule has 2 aromatic carbocycles. The van der Waals surface area contributed by atoms with E-state index in [-0.39, 0.29) is 11.8 Å². The number of carbonyl (C=O) groups excluding carboxylic acids is 3. The van der Waals surface area contributed by atoms with Crippen molar-refractivity contribution in [2.45, 2.75) is 32.6 Å². The smallest absolute Gasteiger partial charge is 0.313 e. The van der Waals surface area contributed by atoms with Crippen LogP contribution in [-0.2, 0) is 26.2 Å². The molecule has 6 heteroatoms. The zero-order chi connectivity index (χ0) is 20.0. The minimum atomic E-state index is -0.785. The maximum atomic E-state index is 12.2. The molecule has 0 unspecified atom stereocenters. The van der Waals surface area contributed by atoms with E-state index in [1.54, 1.807) is 24.3 Å². The van der Waals surface area contributed by atoms with E-state index in [0.717, 1.165) is 11.1 Å². The van der Waals surface area contributed by atoms with Gasteiger partial charge in [0.2, 0.25) is 5.91 Å². The van der Waals surface area contributed by atoms with E-state index in [4.69, 9.17) is 5.73 Å². The van der Waals surface area contributed by atoms with Crippen LogP contribution in [0.4, 0.5) is 5.69 Å². The number of anilines is 1. The summed E-state index contributed by atoms with van der Waals surface area (Å²) in [6.07, 6.45) is -0.0154. The predicted molar refractivity (Wildman–Crippen MR) is 105 cm³/mol. The fourth-order valence-electron chi connectivity index (χ4n) is 2.71. The number of hydrogen-bond acceptors (Lipinski definition) is 3. The molecule has 2 aromatic rings. The number of nitrogens with one attached hydrogen (secondary N) is 2. The molecule has 4 N–H and O–H groups in total. The largest absolute Gasteiger partial charge is 0.369 e. The Morgan fingerprint density at radius 3 is 2.37 bits per heavy atom. The number of amides is 3. The molecular weight excluding hydrogens is 342 g/mol. The fourth-order valence-corrected chi connectivity index (χ4v) is 2.71. The van der Waals surface area contributed by atoms with Crippen LogP contribution in [0.5, 0.6) is 0 Å². The van der Waals surface area contributed by atoms with Crippen molar-refractivity contribution >= 4 is 23.4 Å². The van der Waals surface area contributed by atoms with Gasteiger partial charge in [-0.15, -0.1) is 0 Å². The molecule has 0 saturated carbocycles. The van der Waals surface area contributed by atoms with E-state index in [2.05, 4.69) is 16.7 Å². The summed E-state index contributed by atoms with van der Waals surface area (Å²) in [5, 5.41) is 5.22. The lowest BCUT2D eigenvalue weighted by atomic mass is 9.84. The summed E-state index contributed by atoms with van der Waals surface area (Å²) >= 11 is 0. The second kappa shape index (κ2) is 8.49. The van der Waals surface area contributed by atoms with Gasteiger partial charge in [0.1, 0.15) is 0 Å². The molecule has 142 valence electrons. The van der Waals surface area contributed by atoms with Gasteiger partial charge < -0.3 is 16.4 Å². The Balaban J connectivity index is 2.00. The van der Waals surface area contributed by atoms with Crippen LogP contribution in [0, 0.1) is 6.92 Å². The van der Waals surface area contributed by atoms with Crippen molar-refractivity contribution in [3.8, 4) is 0 Å². The molecule has 0 heterocycles. The first-order valence-electron chi connectivity index (χ1n) is 8.71. The maximum Gasteiger partial charge on any atom is 0.313 e. The van der Waals surface area contributed by atoms with Crippen molar-refractivity contribution in [1.82, 2.24) is 5.32 Å². The number of primary amides is 1. The zero-order valence-corrected chi connectivity index (χ0v) is 15.8. The van der Waals surface area contributed by atoms with Gasteiger partial charge in [0.05, 0.1) is 6.42 Å². The predicted octanol–water partition coefficient (Wildman–Crippen LogP) is 2.06. The van der Waals surface area contributed by atoms with Gasteiger partial charge >= 0.3 is 11.8 Å². The molecule has 0 aromatic heterocycles. The second-order valence-electron chi connectivity index (χ2n) is 7.19. The lowest BCUT2D eigenvalue weighted by Crippen LogP contribution is -2.42. The van der Waals surface area contributed by atoms with Crippen LogP contribution in [0.1, 0.15) is 30.5 Å². The summed E-state index contributed by atoms with van der Waals surface area (Å²) < 4.78 is 0.